The minimum absolute atomic E-state index is 0.104. The zero-order chi connectivity index (χ0) is 13.9. The van der Waals surface area contributed by atoms with Crippen LogP contribution >= 0.6 is 23.1 Å². The van der Waals surface area contributed by atoms with E-state index in [-0.39, 0.29) is 5.56 Å². The second-order valence-electron chi connectivity index (χ2n) is 4.68. The molecule has 0 aliphatic rings. The quantitative estimate of drug-likeness (QED) is 0.747. The van der Waals surface area contributed by atoms with Crippen LogP contribution in [0.2, 0.25) is 0 Å². The van der Waals surface area contributed by atoms with Crippen molar-refractivity contribution in [1.82, 2.24) is 15.3 Å². The number of nitrogens with one attached hydrogen (secondary N) is 2. The summed E-state index contributed by atoms with van der Waals surface area (Å²) in [5.74, 6) is 1.25. The van der Waals surface area contributed by atoms with Gasteiger partial charge in [0.2, 0.25) is 0 Å². The number of rotatable bonds is 6. The molecule has 104 valence electrons. The molecule has 0 saturated carbocycles. The molecule has 0 saturated heterocycles. The van der Waals surface area contributed by atoms with Crippen LogP contribution in [0.25, 0.3) is 10.2 Å². The summed E-state index contributed by atoms with van der Waals surface area (Å²) in [6.45, 7) is 2.68. The molecule has 2 rings (SSSR count). The monoisotopic (exact) mass is 299 g/mol. The van der Waals surface area contributed by atoms with Crippen LogP contribution in [0.3, 0.4) is 0 Å². The van der Waals surface area contributed by atoms with Gasteiger partial charge in [0, 0.05) is 12.3 Å². The highest BCUT2D eigenvalue weighted by Gasteiger charge is 2.18. The van der Waals surface area contributed by atoms with E-state index in [0.717, 1.165) is 5.52 Å². The molecular weight excluding hydrogens is 282 g/mol. The molecule has 2 aromatic heterocycles. The molecule has 0 aromatic carbocycles. The van der Waals surface area contributed by atoms with Crippen molar-refractivity contribution in [2.45, 2.75) is 19.1 Å². The summed E-state index contributed by atoms with van der Waals surface area (Å²) in [7, 11) is 0. The number of H-pyrrole nitrogens is 1. The highest BCUT2D eigenvalue weighted by atomic mass is 32.2. The standard InChI is InChI=1S/C12H17N3O2S2/c1-12(17,7-18-2)6-13-5-9-14-8-3-4-19-10(8)11(16)15-9/h3-4,13,17H,5-7H2,1-2H3,(H,14,15,16). The third-order valence-corrected chi connectivity index (χ3v) is 4.43. The number of hydrogen-bond acceptors (Lipinski definition) is 6. The molecule has 0 bridgehead atoms. The molecule has 0 fully saturated rings. The predicted octanol–water partition coefficient (Wildman–Crippen LogP) is 1.19. The molecule has 0 spiro atoms. The number of aliphatic hydroxyl groups is 1. The fraction of sp³-hybridized carbons (Fsp3) is 0.500. The van der Waals surface area contributed by atoms with Gasteiger partial charge < -0.3 is 15.4 Å². The Hall–Kier alpha value is -0.890. The average Bonchev–Trinajstić information content (AvgIpc) is 2.77. The van der Waals surface area contributed by atoms with Gasteiger partial charge in [0.15, 0.2) is 0 Å². The predicted molar refractivity (Wildman–Crippen MR) is 81.0 cm³/mol. The minimum atomic E-state index is -0.758. The lowest BCUT2D eigenvalue weighted by atomic mass is 10.1. The summed E-state index contributed by atoms with van der Waals surface area (Å²) in [6.07, 6.45) is 1.96. The Balaban J connectivity index is 2.00. The molecule has 1 atom stereocenters. The van der Waals surface area contributed by atoms with E-state index in [0.29, 0.717) is 29.4 Å². The molecule has 7 heteroatoms. The summed E-state index contributed by atoms with van der Waals surface area (Å²) < 4.78 is 0.651. The van der Waals surface area contributed by atoms with Crippen LogP contribution in [-0.4, -0.2) is 39.2 Å². The van der Waals surface area contributed by atoms with Gasteiger partial charge in [0.05, 0.1) is 17.7 Å². The largest absolute Gasteiger partial charge is 0.388 e. The van der Waals surface area contributed by atoms with Gasteiger partial charge in [-0.05, 0) is 24.6 Å². The molecule has 0 aliphatic carbocycles. The van der Waals surface area contributed by atoms with Gasteiger partial charge in [0.1, 0.15) is 10.5 Å². The molecule has 0 radical (unpaired) electrons. The normalized spacial score (nSPS) is 14.7. The molecule has 0 aliphatic heterocycles. The molecule has 3 N–H and O–H groups in total. The fourth-order valence-corrected chi connectivity index (χ4v) is 3.27. The van der Waals surface area contributed by atoms with Crippen molar-refractivity contribution in [1.29, 1.82) is 0 Å². The van der Waals surface area contributed by atoms with Crippen LogP contribution in [0.4, 0.5) is 0 Å². The summed E-state index contributed by atoms with van der Waals surface area (Å²) in [5.41, 5.74) is -0.138. The number of hydrogen-bond donors (Lipinski definition) is 3. The Kier molecular flexibility index (Phi) is 4.62. The van der Waals surface area contributed by atoms with E-state index in [4.69, 9.17) is 0 Å². The van der Waals surface area contributed by atoms with Crippen LogP contribution in [0, 0.1) is 0 Å². The van der Waals surface area contributed by atoms with E-state index in [1.807, 2.05) is 17.7 Å². The number of aromatic amines is 1. The third kappa shape index (κ3) is 3.79. The molecular formula is C12H17N3O2S2. The molecule has 2 heterocycles. The van der Waals surface area contributed by atoms with Crippen molar-refractivity contribution in [3.63, 3.8) is 0 Å². The number of thioether (sulfide) groups is 1. The Morgan fingerprint density at radius 1 is 1.63 bits per heavy atom. The second kappa shape index (κ2) is 6.04. The lowest BCUT2D eigenvalue weighted by Crippen LogP contribution is -2.40. The van der Waals surface area contributed by atoms with Crippen LogP contribution in [-0.2, 0) is 6.54 Å². The van der Waals surface area contributed by atoms with Gasteiger partial charge in [-0.3, -0.25) is 4.79 Å². The van der Waals surface area contributed by atoms with Crippen LogP contribution in [0.1, 0.15) is 12.7 Å². The maximum atomic E-state index is 11.8. The fourth-order valence-electron chi connectivity index (χ4n) is 1.82. The second-order valence-corrected chi connectivity index (χ2v) is 6.46. The summed E-state index contributed by atoms with van der Waals surface area (Å²) in [4.78, 5) is 18.9. The highest BCUT2D eigenvalue weighted by Crippen LogP contribution is 2.13. The smallest absolute Gasteiger partial charge is 0.268 e. The Bertz CT molecular complexity index is 606. The van der Waals surface area contributed by atoms with Crippen molar-refractivity contribution in [2.75, 3.05) is 18.6 Å². The van der Waals surface area contributed by atoms with E-state index in [9.17, 15) is 9.90 Å². The van der Waals surface area contributed by atoms with Crippen molar-refractivity contribution in [3.8, 4) is 0 Å². The maximum absolute atomic E-state index is 11.8. The lowest BCUT2D eigenvalue weighted by molar-refractivity contribution is 0.0844. The number of fused-ring (bicyclic) bond motifs is 1. The molecule has 2 aromatic rings. The van der Waals surface area contributed by atoms with E-state index >= 15 is 0 Å². The van der Waals surface area contributed by atoms with E-state index in [1.165, 1.54) is 11.3 Å². The SMILES string of the molecule is CSCC(C)(O)CNCc1nc2ccsc2c(=O)[nH]1. The molecule has 5 nitrogen and oxygen atoms in total. The summed E-state index contributed by atoms with van der Waals surface area (Å²) in [6, 6.07) is 1.84. The van der Waals surface area contributed by atoms with E-state index in [1.54, 1.807) is 18.7 Å². The van der Waals surface area contributed by atoms with Crippen molar-refractivity contribution < 1.29 is 5.11 Å². The first-order chi connectivity index (χ1) is 9.02. The third-order valence-electron chi connectivity index (χ3n) is 2.62. The van der Waals surface area contributed by atoms with Crippen molar-refractivity contribution in [2.24, 2.45) is 0 Å². The first-order valence-corrected chi connectivity index (χ1v) is 8.17. The molecule has 0 amide bonds. The first-order valence-electron chi connectivity index (χ1n) is 5.90. The van der Waals surface area contributed by atoms with Crippen LogP contribution in [0.15, 0.2) is 16.2 Å². The zero-order valence-corrected chi connectivity index (χ0v) is 12.5. The molecule has 1 unspecified atom stereocenters. The zero-order valence-electron chi connectivity index (χ0n) is 10.9. The number of aromatic nitrogens is 2. The number of thiophene rings is 1. The summed E-state index contributed by atoms with van der Waals surface area (Å²) >= 11 is 2.99. The minimum Gasteiger partial charge on any atom is -0.388 e. The first kappa shape index (κ1) is 14.5. The van der Waals surface area contributed by atoms with E-state index in [2.05, 4.69) is 15.3 Å². The van der Waals surface area contributed by atoms with Gasteiger partial charge >= 0.3 is 0 Å². The van der Waals surface area contributed by atoms with Crippen molar-refractivity contribution >= 4 is 33.3 Å². The average molecular weight is 299 g/mol. The van der Waals surface area contributed by atoms with Gasteiger partial charge in [-0.1, -0.05) is 0 Å². The Labute approximate surface area is 119 Å². The van der Waals surface area contributed by atoms with Crippen LogP contribution in [0.5, 0.6) is 0 Å². The maximum Gasteiger partial charge on any atom is 0.268 e. The number of nitrogens with zero attached hydrogens (tertiary/aromatic N) is 1. The van der Waals surface area contributed by atoms with Gasteiger partial charge in [-0.25, -0.2) is 4.98 Å². The topological polar surface area (TPSA) is 78.0 Å². The summed E-state index contributed by atoms with van der Waals surface area (Å²) in [5, 5.41) is 15.0. The van der Waals surface area contributed by atoms with Gasteiger partial charge in [-0.15, -0.1) is 11.3 Å². The van der Waals surface area contributed by atoms with Crippen molar-refractivity contribution in [3.05, 3.63) is 27.6 Å². The van der Waals surface area contributed by atoms with Gasteiger partial charge in [0.25, 0.3) is 5.56 Å². The van der Waals surface area contributed by atoms with Gasteiger partial charge in [-0.2, -0.15) is 11.8 Å². The Morgan fingerprint density at radius 3 is 3.16 bits per heavy atom. The Morgan fingerprint density at radius 2 is 2.42 bits per heavy atom. The van der Waals surface area contributed by atoms with Crippen LogP contribution < -0.4 is 10.9 Å². The molecule has 19 heavy (non-hydrogen) atoms. The lowest BCUT2D eigenvalue weighted by Gasteiger charge is -2.22. The van der Waals surface area contributed by atoms with E-state index < -0.39 is 5.60 Å². The highest BCUT2D eigenvalue weighted by molar-refractivity contribution is 7.98.